The Labute approximate surface area is 50.3 Å². The van der Waals surface area contributed by atoms with Gasteiger partial charge in [0.05, 0.1) is 12.7 Å². The molecule has 1 saturated heterocycles. The van der Waals surface area contributed by atoms with Gasteiger partial charge in [0.25, 0.3) is 0 Å². The highest BCUT2D eigenvalue weighted by Crippen LogP contribution is 2.15. The van der Waals surface area contributed by atoms with Crippen LogP contribution >= 0.6 is 0 Å². The fourth-order valence-corrected chi connectivity index (χ4v) is 1.02. The second kappa shape index (κ2) is 2.51. The summed E-state index contributed by atoms with van der Waals surface area (Å²) in [7, 11) is 2.04. The number of rotatable bonds is 1. The Morgan fingerprint density at radius 3 is 2.62 bits per heavy atom. The molecule has 0 saturated carbocycles. The lowest BCUT2D eigenvalue weighted by molar-refractivity contribution is 0.0432. The highest BCUT2D eigenvalue weighted by molar-refractivity contribution is 6.11. The van der Waals surface area contributed by atoms with Gasteiger partial charge < -0.3 is 9.84 Å². The fourth-order valence-electron chi connectivity index (χ4n) is 1.02. The van der Waals surface area contributed by atoms with Crippen LogP contribution in [0.5, 0.6) is 0 Å². The van der Waals surface area contributed by atoms with Crippen LogP contribution < -0.4 is 0 Å². The van der Waals surface area contributed by atoms with Crippen LogP contribution in [0.2, 0.25) is 0 Å². The molecule has 0 spiro atoms. The lowest BCUT2D eigenvalue weighted by Gasteiger charge is -2.05. The van der Waals surface area contributed by atoms with E-state index in [4.69, 9.17) is 9.84 Å². The molecule has 2 nitrogen and oxygen atoms in total. The van der Waals surface area contributed by atoms with Gasteiger partial charge in [0.2, 0.25) is 0 Å². The maximum Gasteiger partial charge on any atom is 0.139 e. The molecular formula is C5H11BO2. The van der Waals surface area contributed by atoms with E-state index >= 15 is 0 Å². The Morgan fingerprint density at radius 1 is 1.62 bits per heavy atom. The van der Waals surface area contributed by atoms with E-state index < -0.39 is 0 Å². The van der Waals surface area contributed by atoms with Crippen molar-refractivity contribution in [3.05, 3.63) is 0 Å². The quantitative estimate of drug-likeness (QED) is 0.448. The van der Waals surface area contributed by atoms with Gasteiger partial charge in [-0.2, -0.15) is 0 Å². The van der Waals surface area contributed by atoms with Gasteiger partial charge in [-0.25, -0.2) is 0 Å². The lowest BCUT2D eigenvalue weighted by atomic mass is 9.97. The SMILES string of the molecule is B[C@H]1CC[C@@H](CO)O1. The highest BCUT2D eigenvalue weighted by atomic mass is 16.5. The highest BCUT2D eigenvalue weighted by Gasteiger charge is 2.19. The molecule has 3 heteroatoms. The van der Waals surface area contributed by atoms with E-state index in [2.05, 4.69) is 0 Å². The third-order valence-electron chi connectivity index (χ3n) is 1.52. The third-order valence-corrected chi connectivity index (χ3v) is 1.52. The molecule has 0 aromatic carbocycles. The largest absolute Gasteiger partial charge is 0.394 e. The molecule has 8 heavy (non-hydrogen) atoms. The Hall–Kier alpha value is -0.0151. The first-order valence-corrected chi connectivity index (χ1v) is 3.09. The minimum atomic E-state index is 0.130. The minimum absolute atomic E-state index is 0.130. The van der Waals surface area contributed by atoms with E-state index in [1.807, 2.05) is 7.85 Å². The van der Waals surface area contributed by atoms with Crippen LogP contribution in [0.4, 0.5) is 0 Å². The predicted molar refractivity (Wildman–Crippen MR) is 33.5 cm³/mol. The van der Waals surface area contributed by atoms with E-state index in [0.717, 1.165) is 12.8 Å². The molecule has 1 rings (SSSR count). The summed E-state index contributed by atoms with van der Waals surface area (Å²) in [5.74, 6) is 0. The Morgan fingerprint density at radius 2 is 2.38 bits per heavy atom. The van der Waals surface area contributed by atoms with Crippen LogP contribution in [-0.2, 0) is 4.74 Å². The summed E-state index contributed by atoms with van der Waals surface area (Å²) in [6.07, 6.45) is 2.26. The molecule has 0 aliphatic carbocycles. The molecule has 0 aromatic heterocycles. The average Bonchev–Trinajstić information content (AvgIpc) is 2.14. The summed E-state index contributed by atoms with van der Waals surface area (Å²) < 4.78 is 5.26. The zero-order chi connectivity index (χ0) is 5.98. The molecule has 1 N–H and O–H groups in total. The fraction of sp³-hybridized carbons (Fsp3) is 1.00. The van der Waals surface area contributed by atoms with Crippen molar-refractivity contribution in [2.75, 3.05) is 6.61 Å². The molecule has 0 aromatic rings. The Balaban J connectivity index is 2.22. The Bertz CT molecular complexity index is 76.8. The number of aliphatic hydroxyl groups excluding tert-OH is 1. The number of ether oxygens (including phenoxy) is 1. The van der Waals surface area contributed by atoms with Crippen molar-refractivity contribution in [2.45, 2.75) is 24.9 Å². The summed E-state index contributed by atoms with van der Waals surface area (Å²) in [6, 6.07) is 0.368. The predicted octanol–water partition coefficient (Wildman–Crippen LogP) is -0.883. The first-order chi connectivity index (χ1) is 3.83. The molecule has 0 bridgehead atoms. The Kier molecular flexibility index (Phi) is 1.92. The standard InChI is InChI=1S/C5H11BO2/c6-5-2-1-4(3-7)8-5/h4-5,7H,1-3,6H2/t4-,5+/m0/s1. The molecule has 1 aliphatic rings. The second-order valence-electron chi connectivity index (χ2n) is 2.33. The van der Waals surface area contributed by atoms with Crippen molar-refractivity contribution in [2.24, 2.45) is 0 Å². The first-order valence-electron chi connectivity index (χ1n) is 3.09. The van der Waals surface area contributed by atoms with Crippen LogP contribution in [0, 0.1) is 0 Å². The third kappa shape index (κ3) is 1.23. The van der Waals surface area contributed by atoms with Gasteiger partial charge in [0.1, 0.15) is 7.85 Å². The van der Waals surface area contributed by atoms with Crippen molar-refractivity contribution in [1.82, 2.24) is 0 Å². The summed E-state index contributed by atoms with van der Waals surface area (Å²) in [5, 5.41) is 8.56. The summed E-state index contributed by atoms with van der Waals surface area (Å²) in [4.78, 5) is 0. The van der Waals surface area contributed by atoms with Gasteiger partial charge in [-0.15, -0.1) is 0 Å². The average molecular weight is 114 g/mol. The monoisotopic (exact) mass is 114 g/mol. The molecule has 1 aliphatic heterocycles. The van der Waals surface area contributed by atoms with E-state index in [1.54, 1.807) is 0 Å². The zero-order valence-electron chi connectivity index (χ0n) is 5.13. The van der Waals surface area contributed by atoms with E-state index in [0.29, 0.717) is 6.00 Å². The van der Waals surface area contributed by atoms with Crippen molar-refractivity contribution < 1.29 is 9.84 Å². The van der Waals surface area contributed by atoms with Gasteiger partial charge >= 0.3 is 0 Å². The van der Waals surface area contributed by atoms with Crippen LogP contribution in [0.1, 0.15) is 12.8 Å². The molecule has 0 radical (unpaired) electrons. The summed E-state index contributed by atoms with van der Waals surface area (Å²) >= 11 is 0. The normalized spacial score (nSPS) is 38.1. The molecule has 1 fully saturated rings. The second-order valence-corrected chi connectivity index (χ2v) is 2.33. The van der Waals surface area contributed by atoms with E-state index in [-0.39, 0.29) is 12.7 Å². The molecule has 0 unspecified atom stereocenters. The van der Waals surface area contributed by atoms with Crippen molar-refractivity contribution >= 4 is 7.85 Å². The number of hydrogen-bond acceptors (Lipinski definition) is 2. The first kappa shape index (κ1) is 6.11. The van der Waals surface area contributed by atoms with Crippen LogP contribution in [0.3, 0.4) is 0 Å². The summed E-state index contributed by atoms with van der Waals surface area (Å²) in [6.45, 7) is 0.185. The van der Waals surface area contributed by atoms with Crippen LogP contribution in [0.25, 0.3) is 0 Å². The lowest BCUT2D eigenvalue weighted by Crippen LogP contribution is -2.13. The van der Waals surface area contributed by atoms with E-state index in [1.165, 1.54) is 0 Å². The van der Waals surface area contributed by atoms with Crippen molar-refractivity contribution in [3.63, 3.8) is 0 Å². The van der Waals surface area contributed by atoms with Crippen LogP contribution in [-0.4, -0.2) is 31.7 Å². The van der Waals surface area contributed by atoms with Gasteiger partial charge in [0, 0.05) is 6.00 Å². The maximum atomic E-state index is 8.56. The van der Waals surface area contributed by atoms with Crippen molar-refractivity contribution in [3.8, 4) is 0 Å². The van der Waals surface area contributed by atoms with Crippen molar-refractivity contribution in [1.29, 1.82) is 0 Å². The van der Waals surface area contributed by atoms with Gasteiger partial charge in [0.15, 0.2) is 0 Å². The molecule has 1 heterocycles. The molecular weight excluding hydrogens is 103 g/mol. The molecule has 0 amide bonds. The smallest absolute Gasteiger partial charge is 0.139 e. The number of hydrogen-bond donors (Lipinski definition) is 1. The maximum absolute atomic E-state index is 8.56. The topological polar surface area (TPSA) is 29.5 Å². The van der Waals surface area contributed by atoms with Gasteiger partial charge in [-0.05, 0) is 12.8 Å². The molecule has 46 valence electrons. The number of aliphatic hydroxyl groups is 1. The van der Waals surface area contributed by atoms with Gasteiger partial charge in [-0.1, -0.05) is 0 Å². The van der Waals surface area contributed by atoms with E-state index in [9.17, 15) is 0 Å². The summed E-state index contributed by atoms with van der Waals surface area (Å²) in [5.41, 5.74) is 0. The van der Waals surface area contributed by atoms with Crippen LogP contribution in [0.15, 0.2) is 0 Å². The minimum Gasteiger partial charge on any atom is -0.394 e. The van der Waals surface area contributed by atoms with Gasteiger partial charge in [-0.3, -0.25) is 0 Å². The zero-order valence-corrected chi connectivity index (χ0v) is 5.13. The molecule has 2 atom stereocenters.